The second-order valence-electron chi connectivity index (χ2n) is 6.62. The molecule has 0 bridgehead atoms. The van der Waals surface area contributed by atoms with Crippen molar-refractivity contribution in [2.24, 2.45) is 0 Å². The Kier molecular flexibility index (Phi) is 5.16. The van der Waals surface area contributed by atoms with E-state index in [4.69, 9.17) is 13.9 Å². The van der Waals surface area contributed by atoms with E-state index < -0.39 is 17.7 Å². The van der Waals surface area contributed by atoms with Crippen LogP contribution in [0.1, 0.15) is 38.1 Å². The number of nitrogens with one attached hydrogen (secondary N) is 2. The highest BCUT2D eigenvalue weighted by Gasteiger charge is 2.21. The Morgan fingerprint density at radius 2 is 2.11 bits per heavy atom. The van der Waals surface area contributed by atoms with Crippen molar-refractivity contribution < 1.29 is 23.5 Å². The number of hydrogen-bond donors (Lipinski definition) is 2. The number of fused-ring (bicyclic) bond motifs is 1. The highest BCUT2D eigenvalue weighted by molar-refractivity contribution is 5.96. The van der Waals surface area contributed by atoms with E-state index >= 15 is 0 Å². The molecular weight excluding hydrogens is 368 g/mol. The Bertz CT molecular complexity index is 990. The topological polar surface area (TPSA) is 133 Å². The molecule has 0 aliphatic carbocycles. The van der Waals surface area contributed by atoms with Crippen molar-refractivity contribution in [3.8, 4) is 11.6 Å². The molecule has 0 saturated carbocycles. The number of rotatable bonds is 5. The van der Waals surface area contributed by atoms with Crippen LogP contribution < -0.4 is 10.9 Å². The summed E-state index contributed by atoms with van der Waals surface area (Å²) in [6, 6.07) is 3.37. The van der Waals surface area contributed by atoms with Crippen LogP contribution in [0.4, 0.5) is 10.7 Å². The highest BCUT2D eigenvalue weighted by atomic mass is 16.6. The van der Waals surface area contributed by atoms with E-state index in [1.54, 1.807) is 39.8 Å². The lowest BCUT2D eigenvalue weighted by Gasteiger charge is -2.19. The lowest BCUT2D eigenvalue weighted by molar-refractivity contribution is 0.0520. The third-order valence-corrected chi connectivity index (χ3v) is 3.28. The maximum absolute atomic E-state index is 12.2. The second-order valence-corrected chi connectivity index (χ2v) is 6.62. The first-order chi connectivity index (χ1) is 13.3. The first-order valence-electron chi connectivity index (χ1n) is 8.50. The van der Waals surface area contributed by atoms with E-state index in [9.17, 15) is 9.59 Å². The number of esters is 1. The molecule has 0 radical (unpaired) electrons. The summed E-state index contributed by atoms with van der Waals surface area (Å²) < 4.78 is 16.8. The van der Waals surface area contributed by atoms with Gasteiger partial charge in [0.2, 0.25) is 11.8 Å². The molecule has 0 saturated heterocycles. The molecule has 0 aliphatic rings. The number of anilines is 1. The maximum atomic E-state index is 12.2. The van der Waals surface area contributed by atoms with Gasteiger partial charge in [0.15, 0.2) is 11.4 Å². The largest absolute Gasteiger partial charge is 0.462 e. The van der Waals surface area contributed by atoms with Crippen molar-refractivity contribution >= 4 is 23.7 Å². The van der Waals surface area contributed by atoms with Gasteiger partial charge in [0.25, 0.3) is 0 Å². The minimum absolute atomic E-state index is 0.110. The van der Waals surface area contributed by atoms with Crippen molar-refractivity contribution in [2.75, 3.05) is 12.0 Å². The van der Waals surface area contributed by atoms with Crippen molar-refractivity contribution in [3.63, 3.8) is 0 Å². The van der Waals surface area contributed by atoms with E-state index in [0.717, 1.165) is 0 Å². The monoisotopic (exact) mass is 388 g/mol. The quantitative estimate of drug-likeness (QED) is 0.499. The molecule has 11 heteroatoms. The van der Waals surface area contributed by atoms with Gasteiger partial charge in [-0.15, -0.1) is 5.10 Å². The number of hydrogen-bond acceptors (Lipinski definition) is 9. The predicted molar refractivity (Wildman–Crippen MR) is 97.4 cm³/mol. The predicted octanol–water partition coefficient (Wildman–Crippen LogP) is 2.41. The molecular formula is C17H20N6O5. The number of carbonyl (C=O) groups is 2. The van der Waals surface area contributed by atoms with E-state index in [-0.39, 0.29) is 29.6 Å². The average Bonchev–Trinajstić information content (AvgIpc) is 3.27. The van der Waals surface area contributed by atoms with Gasteiger partial charge in [-0.25, -0.2) is 25.0 Å². The molecule has 0 fully saturated rings. The molecule has 0 spiro atoms. The zero-order chi connectivity index (χ0) is 20.3. The van der Waals surface area contributed by atoms with Crippen molar-refractivity contribution in [2.45, 2.75) is 33.3 Å². The number of amides is 1. The molecule has 0 atom stereocenters. The minimum Gasteiger partial charge on any atom is -0.462 e. The number of hydrazine groups is 1. The van der Waals surface area contributed by atoms with Crippen molar-refractivity contribution in [1.29, 1.82) is 0 Å². The van der Waals surface area contributed by atoms with Crippen LogP contribution in [-0.2, 0) is 9.47 Å². The van der Waals surface area contributed by atoms with Crippen LogP contribution in [0.15, 0.2) is 29.0 Å². The van der Waals surface area contributed by atoms with Crippen molar-refractivity contribution in [3.05, 3.63) is 30.2 Å². The summed E-state index contributed by atoms with van der Waals surface area (Å²) in [4.78, 5) is 32.5. The van der Waals surface area contributed by atoms with Crippen LogP contribution in [0.3, 0.4) is 0 Å². The van der Waals surface area contributed by atoms with Crippen molar-refractivity contribution in [1.82, 2.24) is 25.0 Å². The van der Waals surface area contributed by atoms with E-state index in [1.165, 1.54) is 17.0 Å². The van der Waals surface area contributed by atoms with Crippen LogP contribution in [0.5, 0.6) is 0 Å². The molecule has 2 N–H and O–H groups in total. The number of furan rings is 1. The minimum atomic E-state index is -0.705. The number of aromatic nitrogens is 4. The van der Waals surface area contributed by atoms with Gasteiger partial charge < -0.3 is 13.9 Å². The van der Waals surface area contributed by atoms with Gasteiger partial charge >= 0.3 is 12.1 Å². The van der Waals surface area contributed by atoms with Crippen LogP contribution in [-0.4, -0.2) is 43.9 Å². The molecule has 3 aromatic heterocycles. The number of nitrogens with zero attached hydrogens (tertiary/aromatic N) is 4. The molecule has 1 amide bonds. The number of ether oxygens (including phenoxy) is 2. The average molecular weight is 388 g/mol. The third kappa shape index (κ3) is 4.19. The molecule has 11 nitrogen and oxygen atoms in total. The van der Waals surface area contributed by atoms with Gasteiger partial charge in [0.05, 0.1) is 12.9 Å². The lowest BCUT2D eigenvalue weighted by Crippen LogP contribution is -2.36. The Morgan fingerprint density at radius 1 is 1.32 bits per heavy atom. The van der Waals surface area contributed by atoms with E-state index in [2.05, 4.69) is 25.9 Å². The SMILES string of the molecule is CCOC(=O)c1cnc(NNC(=O)OC(C)(C)C)n2nc(-c3ccco3)nc12. The van der Waals surface area contributed by atoms with Crippen LogP contribution in [0, 0.1) is 0 Å². The summed E-state index contributed by atoms with van der Waals surface area (Å²) in [5, 5.41) is 4.30. The molecule has 3 heterocycles. The lowest BCUT2D eigenvalue weighted by atomic mass is 10.2. The second kappa shape index (κ2) is 7.55. The highest BCUT2D eigenvalue weighted by Crippen LogP contribution is 2.20. The molecule has 0 unspecified atom stereocenters. The van der Waals surface area contributed by atoms with Gasteiger partial charge in [-0.05, 0) is 39.8 Å². The smallest absolute Gasteiger partial charge is 0.426 e. The Labute approximate surface area is 160 Å². The Morgan fingerprint density at radius 3 is 2.75 bits per heavy atom. The van der Waals surface area contributed by atoms with Crippen LogP contribution in [0.2, 0.25) is 0 Å². The van der Waals surface area contributed by atoms with Gasteiger partial charge in [-0.3, -0.25) is 5.43 Å². The fraction of sp³-hybridized carbons (Fsp3) is 0.353. The first-order valence-corrected chi connectivity index (χ1v) is 8.50. The summed E-state index contributed by atoms with van der Waals surface area (Å²) >= 11 is 0. The molecule has 0 aromatic carbocycles. The van der Waals surface area contributed by atoms with Gasteiger partial charge in [0, 0.05) is 6.20 Å². The third-order valence-electron chi connectivity index (χ3n) is 3.28. The zero-order valence-corrected chi connectivity index (χ0v) is 15.8. The van der Waals surface area contributed by atoms with Gasteiger partial charge in [0.1, 0.15) is 11.2 Å². The summed E-state index contributed by atoms with van der Waals surface area (Å²) in [5.41, 5.74) is 4.62. The van der Waals surface area contributed by atoms with E-state index in [0.29, 0.717) is 5.76 Å². The molecule has 0 aliphatic heterocycles. The molecule has 3 aromatic rings. The molecule has 3 rings (SSSR count). The maximum Gasteiger partial charge on any atom is 0.426 e. The molecule has 28 heavy (non-hydrogen) atoms. The van der Waals surface area contributed by atoms with Crippen LogP contribution >= 0.6 is 0 Å². The van der Waals surface area contributed by atoms with Crippen LogP contribution in [0.25, 0.3) is 17.2 Å². The summed E-state index contributed by atoms with van der Waals surface area (Å²) in [7, 11) is 0. The zero-order valence-electron chi connectivity index (χ0n) is 15.8. The fourth-order valence-corrected chi connectivity index (χ4v) is 2.23. The van der Waals surface area contributed by atoms with Gasteiger partial charge in [-0.1, -0.05) is 0 Å². The number of carbonyl (C=O) groups excluding carboxylic acids is 2. The normalized spacial score (nSPS) is 11.3. The van der Waals surface area contributed by atoms with E-state index in [1.807, 2.05) is 0 Å². The summed E-state index contributed by atoms with van der Waals surface area (Å²) in [5.74, 6) is 0.165. The first kappa shape index (κ1) is 19.1. The Balaban J connectivity index is 1.95. The Hall–Kier alpha value is -3.63. The van der Waals surface area contributed by atoms with Gasteiger partial charge in [-0.2, -0.15) is 4.52 Å². The summed E-state index contributed by atoms with van der Waals surface area (Å²) in [6.07, 6.45) is 2.06. The fourth-order valence-electron chi connectivity index (χ4n) is 2.23. The summed E-state index contributed by atoms with van der Waals surface area (Å²) in [6.45, 7) is 7.12. The standard InChI is InChI=1S/C17H20N6O5/c1-5-26-14(24)10-9-18-15(20-21-16(25)28-17(2,3)4)23-13(10)19-12(22-23)11-7-6-8-27-11/h6-9H,5H2,1-4H3,(H,18,20)(H,21,25). The molecule has 148 valence electrons.